The van der Waals surface area contributed by atoms with E-state index >= 15 is 0 Å². The van der Waals surface area contributed by atoms with E-state index in [2.05, 4.69) is 17.1 Å². The van der Waals surface area contributed by atoms with Gasteiger partial charge in [0.15, 0.2) is 0 Å². The minimum Gasteiger partial charge on any atom is -0.378 e. The van der Waals surface area contributed by atoms with Crippen LogP contribution in [0.2, 0.25) is 0 Å². The summed E-state index contributed by atoms with van der Waals surface area (Å²) >= 11 is 0. The van der Waals surface area contributed by atoms with Gasteiger partial charge < -0.3 is 9.64 Å². The van der Waals surface area contributed by atoms with Crippen LogP contribution in [0.15, 0.2) is 54.9 Å². The lowest BCUT2D eigenvalue weighted by Crippen LogP contribution is -2.33. The molecule has 2 aromatic rings. The molecule has 1 aromatic carbocycles. The molecule has 1 aliphatic rings. The Morgan fingerprint density at radius 2 is 1.92 bits per heavy atom. The van der Waals surface area contributed by atoms with Crippen LogP contribution in [-0.4, -0.2) is 35.0 Å². The normalized spacial score (nSPS) is 16.7. The topological polar surface area (TPSA) is 42.4 Å². The van der Waals surface area contributed by atoms with Crippen LogP contribution in [-0.2, 0) is 22.5 Å². The second kappa shape index (κ2) is 9.33. The lowest BCUT2D eigenvalue weighted by atomic mass is 10.1. The van der Waals surface area contributed by atoms with E-state index in [0.717, 1.165) is 44.4 Å². The third-order valence-electron chi connectivity index (χ3n) is 4.69. The Morgan fingerprint density at radius 1 is 1.12 bits per heavy atom. The van der Waals surface area contributed by atoms with Crippen LogP contribution in [0.3, 0.4) is 0 Å². The Bertz CT molecular complexity index is 639. The van der Waals surface area contributed by atoms with Crippen molar-refractivity contribution >= 4 is 5.91 Å². The molecule has 1 saturated heterocycles. The van der Waals surface area contributed by atoms with Gasteiger partial charge in [0.1, 0.15) is 0 Å². The zero-order valence-electron chi connectivity index (χ0n) is 14.6. The van der Waals surface area contributed by atoms with Gasteiger partial charge in [0.2, 0.25) is 5.91 Å². The number of hydrogen-bond acceptors (Lipinski definition) is 3. The highest BCUT2D eigenvalue weighted by molar-refractivity contribution is 5.76. The summed E-state index contributed by atoms with van der Waals surface area (Å²) in [6.45, 7) is 2.21. The van der Waals surface area contributed by atoms with Crippen LogP contribution in [0.4, 0.5) is 0 Å². The molecule has 0 bridgehead atoms. The van der Waals surface area contributed by atoms with Gasteiger partial charge in [-0.25, -0.2) is 0 Å². The van der Waals surface area contributed by atoms with Crippen molar-refractivity contribution in [2.45, 2.75) is 44.8 Å². The average molecular weight is 338 g/mol. The molecule has 3 rings (SSSR count). The first kappa shape index (κ1) is 17.6. The van der Waals surface area contributed by atoms with Gasteiger partial charge >= 0.3 is 0 Å². The van der Waals surface area contributed by atoms with E-state index in [9.17, 15) is 4.79 Å². The fraction of sp³-hybridized carbons (Fsp3) is 0.429. The number of benzene rings is 1. The summed E-state index contributed by atoms with van der Waals surface area (Å²) in [7, 11) is 0. The molecule has 1 amide bonds. The van der Waals surface area contributed by atoms with Crippen LogP contribution in [0.5, 0.6) is 0 Å². The number of carbonyl (C=O) groups excluding carboxylic acids is 1. The molecule has 2 heterocycles. The van der Waals surface area contributed by atoms with Gasteiger partial charge in [0, 0.05) is 38.5 Å². The van der Waals surface area contributed by atoms with Crippen LogP contribution in [0.25, 0.3) is 0 Å². The number of pyridine rings is 1. The number of nitrogens with zero attached hydrogens (tertiary/aromatic N) is 2. The standard InChI is InChI=1S/C21H26N2O2/c24-21(9-8-20-7-4-16-25-20)23(17-19-10-13-22-14-11-19)15-12-18-5-2-1-3-6-18/h1-3,5-6,10-11,13-14,20H,4,7-9,12,15-17H2/t20-/m0/s1. The Hall–Kier alpha value is -2.20. The van der Waals surface area contributed by atoms with Crippen molar-refractivity contribution in [2.24, 2.45) is 0 Å². The number of amides is 1. The molecule has 4 heteroatoms. The molecule has 0 radical (unpaired) electrons. The number of carbonyl (C=O) groups is 1. The van der Waals surface area contributed by atoms with E-state index in [4.69, 9.17) is 4.74 Å². The molecule has 1 fully saturated rings. The molecule has 132 valence electrons. The van der Waals surface area contributed by atoms with E-state index in [1.807, 2.05) is 35.2 Å². The summed E-state index contributed by atoms with van der Waals surface area (Å²) < 4.78 is 5.65. The molecular formula is C21H26N2O2. The Morgan fingerprint density at radius 3 is 2.64 bits per heavy atom. The first-order chi connectivity index (χ1) is 12.3. The number of ether oxygens (including phenoxy) is 1. The quantitative estimate of drug-likeness (QED) is 0.738. The van der Waals surface area contributed by atoms with E-state index in [-0.39, 0.29) is 12.0 Å². The van der Waals surface area contributed by atoms with Crippen molar-refractivity contribution in [3.05, 3.63) is 66.0 Å². The molecule has 0 unspecified atom stereocenters. The monoisotopic (exact) mass is 338 g/mol. The minimum atomic E-state index is 0.211. The SMILES string of the molecule is O=C(CC[C@@H]1CCCO1)N(CCc1ccccc1)Cc1ccncc1. The van der Waals surface area contributed by atoms with Gasteiger partial charge in [-0.1, -0.05) is 30.3 Å². The molecule has 25 heavy (non-hydrogen) atoms. The third-order valence-corrected chi connectivity index (χ3v) is 4.69. The first-order valence-corrected chi connectivity index (χ1v) is 9.13. The van der Waals surface area contributed by atoms with Gasteiger partial charge in [-0.15, -0.1) is 0 Å². The summed E-state index contributed by atoms with van der Waals surface area (Å²) in [6, 6.07) is 14.3. The molecule has 0 saturated carbocycles. The van der Waals surface area contributed by atoms with Crippen molar-refractivity contribution in [3.8, 4) is 0 Å². The Labute approximate surface area is 149 Å². The van der Waals surface area contributed by atoms with E-state index < -0.39 is 0 Å². The number of hydrogen-bond donors (Lipinski definition) is 0. The fourth-order valence-corrected chi connectivity index (χ4v) is 3.22. The molecule has 1 aliphatic heterocycles. The highest BCUT2D eigenvalue weighted by atomic mass is 16.5. The van der Waals surface area contributed by atoms with E-state index in [1.54, 1.807) is 12.4 Å². The van der Waals surface area contributed by atoms with E-state index in [1.165, 1.54) is 5.56 Å². The van der Waals surface area contributed by atoms with Gasteiger partial charge in [0.05, 0.1) is 6.10 Å². The molecular weight excluding hydrogens is 312 g/mol. The second-order valence-corrected chi connectivity index (χ2v) is 6.58. The molecule has 1 aromatic heterocycles. The first-order valence-electron chi connectivity index (χ1n) is 9.13. The third kappa shape index (κ3) is 5.68. The second-order valence-electron chi connectivity index (χ2n) is 6.58. The van der Waals surface area contributed by atoms with Gasteiger partial charge in [-0.3, -0.25) is 9.78 Å². The maximum Gasteiger partial charge on any atom is 0.222 e. The van der Waals surface area contributed by atoms with Gasteiger partial charge in [0.25, 0.3) is 0 Å². The number of aromatic nitrogens is 1. The molecule has 0 spiro atoms. The highest BCUT2D eigenvalue weighted by Crippen LogP contribution is 2.18. The van der Waals surface area contributed by atoms with Crippen LogP contribution >= 0.6 is 0 Å². The summed E-state index contributed by atoms with van der Waals surface area (Å²) in [5.74, 6) is 0.211. The van der Waals surface area contributed by atoms with Gasteiger partial charge in [-0.05, 0) is 48.9 Å². The van der Waals surface area contributed by atoms with Crippen LogP contribution < -0.4 is 0 Å². The van der Waals surface area contributed by atoms with Crippen molar-refractivity contribution in [2.75, 3.05) is 13.2 Å². The summed E-state index contributed by atoms with van der Waals surface area (Å²) in [5, 5.41) is 0. The molecule has 0 aliphatic carbocycles. The molecule has 1 atom stereocenters. The summed E-state index contributed by atoms with van der Waals surface area (Å²) in [6.07, 6.45) is 8.29. The molecule has 0 N–H and O–H groups in total. The lowest BCUT2D eigenvalue weighted by Gasteiger charge is -2.23. The maximum atomic E-state index is 12.8. The maximum absolute atomic E-state index is 12.8. The molecule has 4 nitrogen and oxygen atoms in total. The lowest BCUT2D eigenvalue weighted by molar-refractivity contribution is -0.132. The Balaban J connectivity index is 1.59. The van der Waals surface area contributed by atoms with Crippen molar-refractivity contribution < 1.29 is 9.53 Å². The Kier molecular flexibility index (Phi) is 6.57. The predicted molar refractivity (Wildman–Crippen MR) is 98.0 cm³/mol. The average Bonchev–Trinajstić information content (AvgIpc) is 3.18. The predicted octanol–water partition coefficient (Wildman–Crippen LogP) is 3.61. The number of rotatable bonds is 8. The van der Waals surface area contributed by atoms with Crippen molar-refractivity contribution in [1.82, 2.24) is 9.88 Å². The zero-order valence-corrected chi connectivity index (χ0v) is 14.6. The minimum absolute atomic E-state index is 0.211. The van der Waals surface area contributed by atoms with Gasteiger partial charge in [-0.2, -0.15) is 0 Å². The van der Waals surface area contributed by atoms with E-state index in [0.29, 0.717) is 13.0 Å². The largest absolute Gasteiger partial charge is 0.378 e. The summed E-state index contributed by atoms with van der Waals surface area (Å²) in [5.41, 5.74) is 2.38. The highest BCUT2D eigenvalue weighted by Gasteiger charge is 2.19. The van der Waals surface area contributed by atoms with Crippen LogP contribution in [0.1, 0.15) is 36.8 Å². The fourth-order valence-electron chi connectivity index (χ4n) is 3.22. The smallest absolute Gasteiger partial charge is 0.222 e. The van der Waals surface area contributed by atoms with Crippen LogP contribution in [0, 0.1) is 0 Å². The van der Waals surface area contributed by atoms with Crippen molar-refractivity contribution in [1.29, 1.82) is 0 Å². The zero-order chi connectivity index (χ0) is 17.3. The van der Waals surface area contributed by atoms with Crippen molar-refractivity contribution in [3.63, 3.8) is 0 Å². The summed E-state index contributed by atoms with van der Waals surface area (Å²) in [4.78, 5) is 18.8.